The predicted octanol–water partition coefficient (Wildman–Crippen LogP) is 2.57. The minimum atomic E-state index is -0.301. The van der Waals surface area contributed by atoms with Crippen molar-refractivity contribution in [1.82, 2.24) is 30.1 Å². The van der Waals surface area contributed by atoms with Gasteiger partial charge in [-0.05, 0) is 45.1 Å². The van der Waals surface area contributed by atoms with Crippen LogP contribution in [0.15, 0.2) is 24.5 Å². The van der Waals surface area contributed by atoms with Gasteiger partial charge in [0.15, 0.2) is 11.6 Å². The molecular formula is C20H26N8O2. The fourth-order valence-electron chi connectivity index (χ4n) is 3.97. The van der Waals surface area contributed by atoms with Crippen molar-refractivity contribution in [1.29, 1.82) is 0 Å². The van der Waals surface area contributed by atoms with Crippen molar-refractivity contribution in [3.05, 3.63) is 35.9 Å². The van der Waals surface area contributed by atoms with E-state index < -0.39 is 0 Å². The Bertz CT molecular complexity index is 1070. The highest BCUT2D eigenvalue weighted by Gasteiger charge is 2.40. The molecule has 3 aromatic rings. The summed E-state index contributed by atoms with van der Waals surface area (Å²) in [5, 5.41) is 18.1. The molecule has 0 saturated heterocycles. The number of carbonyl (C=O) groups is 1. The van der Waals surface area contributed by atoms with Crippen LogP contribution in [-0.2, 0) is 11.3 Å². The summed E-state index contributed by atoms with van der Waals surface area (Å²) < 4.78 is 7.36. The average molecular weight is 410 g/mol. The van der Waals surface area contributed by atoms with Crippen LogP contribution in [0.5, 0.6) is 0 Å². The van der Waals surface area contributed by atoms with Gasteiger partial charge in [0.2, 0.25) is 0 Å². The lowest BCUT2D eigenvalue weighted by molar-refractivity contribution is 0.0967. The highest BCUT2D eigenvalue weighted by Crippen LogP contribution is 2.37. The van der Waals surface area contributed by atoms with Gasteiger partial charge in [0.25, 0.3) is 0 Å². The zero-order chi connectivity index (χ0) is 20.7. The number of amides is 1. The first-order valence-corrected chi connectivity index (χ1v) is 10.4. The number of ether oxygens (including phenoxy) is 1. The van der Waals surface area contributed by atoms with Crippen LogP contribution in [0, 0.1) is 0 Å². The number of aromatic amines is 1. The summed E-state index contributed by atoms with van der Waals surface area (Å²) in [5.74, 6) is 1.63. The third-order valence-electron chi connectivity index (χ3n) is 6.00. The molecule has 0 radical (unpaired) electrons. The molecule has 2 aliphatic carbocycles. The number of nitrogens with two attached hydrogens (primary N) is 1. The van der Waals surface area contributed by atoms with Gasteiger partial charge in [-0.2, -0.15) is 10.2 Å². The lowest BCUT2D eigenvalue weighted by atomic mass is 10.0. The zero-order valence-corrected chi connectivity index (χ0v) is 16.9. The van der Waals surface area contributed by atoms with Crippen molar-refractivity contribution >= 4 is 23.2 Å². The number of anilines is 2. The smallest absolute Gasteiger partial charge is 0.407 e. The van der Waals surface area contributed by atoms with E-state index in [1.807, 2.05) is 19.1 Å². The molecule has 158 valence electrons. The Balaban J connectivity index is 1.22. The molecule has 5 rings (SSSR count). The molecule has 2 atom stereocenters. The molecule has 0 aromatic carbocycles. The number of nitrogens with one attached hydrogen (secondary N) is 3. The second-order valence-electron chi connectivity index (χ2n) is 8.50. The lowest BCUT2D eigenvalue weighted by Crippen LogP contribution is -2.36. The van der Waals surface area contributed by atoms with E-state index in [0.29, 0.717) is 18.2 Å². The molecule has 0 bridgehead atoms. The summed E-state index contributed by atoms with van der Waals surface area (Å²) in [7, 11) is 0. The van der Waals surface area contributed by atoms with E-state index in [9.17, 15) is 4.79 Å². The van der Waals surface area contributed by atoms with E-state index in [0.717, 1.165) is 49.0 Å². The number of hydrogen-bond acceptors (Lipinski definition) is 7. The van der Waals surface area contributed by atoms with Crippen molar-refractivity contribution < 1.29 is 9.53 Å². The second kappa shape index (κ2) is 7.28. The molecule has 30 heavy (non-hydrogen) atoms. The summed E-state index contributed by atoms with van der Waals surface area (Å²) in [4.78, 5) is 16.5. The maximum Gasteiger partial charge on any atom is 0.407 e. The van der Waals surface area contributed by atoms with Crippen LogP contribution in [0.3, 0.4) is 0 Å². The molecule has 0 spiro atoms. The maximum atomic E-state index is 12.1. The number of H-pyrrole nitrogens is 1. The number of nitrogens with zero attached hydrogens (tertiary/aromatic N) is 4. The van der Waals surface area contributed by atoms with Gasteiger partial charge in [-0.15, -0.1) is 0 Å². The molecule has 2 fully saturated rings. The van der Waals surface area contributed by atoms with Gasteiger partial charge in [0, 0.05) is 42.2 Å². The Kier molecular flexibility index (Phi) is 4.58. The fraction of sp³-hybridized carbons (Fsp3) is 0.500. The van der Waals surface area contributed by atoms with Crippen LogP contribution < -0.4 is 16.4 Å². The first kappa shape index (κ1) is 18.9. The molecule has 3 aromatic heterocycles. The molecule has 5 N–H and O–H groups in total. The molecule has 10 heteroatoms. The second-order valence-corrected chi connectivity index (χ2v) is 8.50. The maximum absolute atomic E-state index is 12.1. The van der Waals surface area contributed by atoms with Crippen LogP contribution in [0.4, 0.5) is 16.4 Å². The van der Waals surface area contributed by atoms with Gasteiger partial charge in [-0.1, -0.05) is 0 Å². The van der Waals surface area contributed by atoms with Crippen molar-refractivity contribution in [2.24, 2.45) is 5.73 Å². The Morgan fingerprint density at radius 3 is 3.07 bits per heavy atom. The monoisotopic (exact) mass is 410 g/mol. The summed E-state index contributed by atoms with van der Waals surface area (Å²) in [6, 6.07) is 3.90. The van der Waals surface area contributed by atoms with E-state index in [-0.39, 0.29) is 23.7 Å². The number of carbonyl (C=O) groups excluding carboxylic acids is 1. The minimum Gasteiger partial charge on any atom is -0.446 e. The Morgan fingerprint density at radius 2 is 2.27 bits per heavy atom. The van der Waals surface area contributed by atoms with Gasteiger partial charge in [0.1, 0.15) is 11.6 Å². The Labute approximate surface area is 173 Å². The first-order chi connectivity index (χ1) is 14.5. The molecule has 2 saturated carbocycles. The summed E-state index contributed by atoms with van der Waals surface area (Å²) in [5.41, 5.74) is 8.30. The van der Waals surface area contributed by atoms with Crippen LogP contribution in [0.2, 0.25) is 0 Å². The van der Waals surface area contributed by atoms with E-state index >= 15 is 0 Å². The topological polar surface area (TPSA) is 135 Å². The van der Waals surface area contributed by atoms with Gasteiger partial charge in [0.05, 0.1) is 5.69 Å². The van der Waals surface area contributed by atoms with Crippen molar-refractivity contribution in [3.63, 3.8) is 0 Å². The Morgan fingerprint density at radius 1 is 1.40 bits per heavy atom. The van der Waals surface area contributed by atoms with Gasteiger partial charge in [-0.3, -0.25) is 5.10 Å². The largest absolute Gasteiger partial charge is 0.446 e. The number of rotatable bonds is 6. The number of alkyl carbamates (subject to hydrolysis) is 1. The highest BCUT2D eigenvalue weighted by atomic mass is 16.6. The first-order valence-electron chi connectivity index (χ1n) is 10.4. The molecule has 0 aliphatic heterocycles. The Hall–Kier alpha value is -3.14. The van der Waals surface area contributed by atoms with Crippen LogP contribution in [-0.4, -0.2) is 42.5 Å². The summed E-state index contributed by atoms with van der Waals surface area (Å²) in [6.07, 6.45) is 7.75. The van der Waals surface area contributed by atoms with Crippen LogP contribution in [0.1, 0.15) is 56.3 Å². The standard InChI is InChI=1S/C20H26N8O2/c1-20(4-5-20)24-19(29)30-14-3-2-12(8-14)15-10-17(26-25-15)23-18-16-9-13(11-21)27-28(16)7-6-22-18/h6-7,9-10,12,14H,2-5,8,11,21H2,1H3,(H,24,29)(H2,22,23,25,26). The van der Waals surface area contributed by atoms with Crippen molar-refractivity contribution in [2.45, 2.75) is 63.1 Å². The molecule has 2 aliphatic rings. The quantitative estimate of drug-likeness (QED) is 0.490. The summed E-state index contributed by atoms with van der Waals surface area (Å²) in [6.45, 7) is 2.41. The van der Waals surface area contributed by atoms with Crippen LogP contribution >= 0.6 is 0 Å². The SMILES string of the molecule is CC1(NC(=O)OC2CCC(c3cc(Nc4nccn5nc(CN)cc45)n[nH]3)C2)CC1. The van der Waals surface area contributed by atoms with E-state index in [2.05, 4.69) is 30.9 Å². The van der Waals surface area contributed by atoms with E-state index in [1.165, 1.54) is 0 Å². The number of hydrogen-bond donors (Lipinski definition) is 4. The van der Waals surface area contributed by atoms with E-state index in [1.54, 1.807) is 16.9 Å². The van der Waals surface area contributed by atoms with E-state index in [4.69, 9.17) is 10.5 Å². The third-order valence-corrected chi connectivity index (χ3v) is 6.00. The molecule has 2 unspecified atom stereocenters. The lowest BCUT2D eigenvalue weighted by Gasteiger charge is -2.16. The zero-order valence-electron chi connectivity index (χ0n) is 16.9. The molecule has 10 nitrogen and oxygen atoms in total. The molecular weight excluding hydrogens is 384 g/mol. The third kappa shape index (κ3) is 3.82. The van der Waals surface area contributed by atoms with Gasteiger partial charge < -0.3 is 21.1 Å². The minimum absolute atomic E-state index is 0.0592. The average Bonchev–Trinajstić information content (AvgIpc) is 3.17. The number of fused-ring (bicyclic) bond motifs is 1. The van der Waals surface area contributed by atoms with Crippen LogP contribution in [0.25, 0.3) is 5.52 Å². The number of aromatic nitrogens is 5. The normalized spacial score (nSPS) is 22.2. The van der Waals surface area contributed by atoms with Gasteiger partial charge in [-0.25, -0.2) is 14.3 Å². The highest BCUT2D eigenvalue weighted by molar-refractivity contribution is 5.72. The molecule has 3 heterocycles. The van der Waals surface area contributed by atoms with Crippen molar-refractivity contribution in [2.75, 3.05) is 5.32 Å². The fourth-order valence-corrected chi connectivity index (χ4v) is 3.97. The predicted molar refractivity (Wildman–Crippen MR) is 110 cm³/mol. The summed E-state index contributed by atoms with van der Waals surface area (Å²) >= 11 is 0. The molecule has 1 amide bonds. The van der Waals surface area contributed by atoms with Gasteiger partial charge >= 0.3 is 6.09 Å². The van der Waals surface area contributed by atoms with Crippen molar-refractivity contribution in [3.8, 4) is 0 Å².